The Kier molecular flexibility index (Phi) is 4.77. The van der Waals surface area contributed by atoms with E-state index in [9.17, 15) is 0 Å². The van der Waals surface area contributed by atoms with Crippen LogP contribution in [0.3, 0.4) is 0 Å². The summed E-state index contributed by atoms with van der Waals surface area (Å²) in [4.78, 5) is 3.95. The fourth-order valence-corrected chi connectivity index (χ4v) is 1.49. The highest BCUT2D eigenvalue weighted by molar-refractivity contribution is 5.10. The number of imidazole rings is 1. The van der Waals surface area contributed by atoms with E-state index in [1.165, 1.54) is 25.7 Å². The third kappa shape index (κ3) is 3.21. The van der Waals surface area contributed by atoms with Crippen molar-refractivity contribution in [2.45, 2.75) is 45.6 Å². The summed E-state index contributed by atoms with van der Waals surface area (Å²) in [5, 5.41) is 8.71. The molecular weight excluding hydrogens is 174 g/mol. The first kappa shape index (κ1) is 10.8. The Labute approximate surface area is 85.4 Å². The largest absolute Gasteiger partial charge is 0.323 e. The van der Waals surface area contributed by atoms with Crippen LogP contribution in [0.4, 0.5) is 0 Å². The lowest BCUT2D eigenvalue weighted by Gasteiger charge is -2.02. The zero-order valence-electron chi connectivity index (χ0n) is 8.74. The van der Waals surface area contributed by atoms with Crippen molar-refractivity contribution >= 4 is 0 Å². The normalized spacial score (nSPS) is 10.0. The molecule has 1 aromatic heterocycles. The molecule has 0 aliphatic rings. The molecule has 0 N–H and O–H groups in total. The Morgan fingerprint density at radius 1 is 1.36 bits per heavy atom. The van der Waals surface area contributed by atoms with Crippen LogP contribution in [0, 0.1) is 11.3 Å². The maximum Gasteiger partial charge on any atom is 0.212 e. The topological polar surface area (TPSA) is 41.6 Å². The summed E-state index contributed by atoms with van der Waals surface area (Å²) in [6, 6.07) is 2.08. The number of aryl methyl sites for hydroxylation is 1. The minimum atomic E-state index is 0.528. The van der Waals surface area contributed by atoms with Crippen molar-refractivity contribution in [3.8, 4) is 6.07 Å². The van der Waals surface area contributed by atoms with E-state index in [0.717, 1.165) is 13.0 Å². The van der Waals surface area contributed by atoms with Crippen molar-refractivity contribution in [3.63, 3.8) is 0 Å². The van der Waals surface area contributed by atoms with Gasteiger partial charge in [-0.3, -0.25) is 0 Å². The van der Waals surface area contributed by atoms with Gasteiger partial charge in [0.15, 0.2) is 0 Å². The molecule has 76 valence electrons. The van der Waals surface area contributed by atoms with Crippen molar-refractivity contribution in [1.82, 2.24) is 9.55 Å². The first-order valence-electron chi connectivity index (χ1n) is 5.29. The van der Waals surface area contributed by atoms with Crippen LogP contribution in [0.2, 0.25) is 0 Å². The van der Waals surface area contributed by atoms with E-state index in [0.29, 0.717) is 5.82 Å². The van der Waals surface area contributed by atoms with Gasteiger partial charge >= 0.3 is 0 Å². The molecule has 0 aliphatic carbocycles. The molecule has 1 rings (SSSR count). The second-order valence-electron chi connectivity index (χ2n) is 3.47. The van der Waals surface area contributed by atoms with E-state index in [4.69, 9.17) is 5.26 Å². The Morgan fingerprint density at radius 2 is 2.14 bits per heavy atom. The van der Waals surface area contributed by atoms with Gasteiger partial charge in [0.25, 0.3) is 0 Å². The van der Waals surface area contributed by atoms with E-state index >= 15 is 0 Å². The fraction of sp³-hybridized carbons (Fsp3) is 0.636. The van der Waals surface area contributed by atoms with Gasteiger partial charge in [-0.1, -0.05) is 32.6 Å². The molecule has 0 unspecified atom stereocenters. The molecule has 3 heteroatoms. The number of rotatable bonds is 6. The second-order valence-corrected chi connectivity index (χ2v) is 3.47. The van der Waals surface area contributed by atoms with Gasteiger partial charge in [-0.15, -0.1) is 0 Å². The summed E-state index contributed by atoms with van der Waals surface area (Å²) in [5.41, 5.74) is 0. The Morgan fingerprint density at radius 3 is 2.86 bits per heavy atom. The molecule has 0 fully saturated rings. The lowest BCUT2D eigenvalue weighted by molar-refractivity contribution is 0.565. The van der Waals surface area contributed by atoms with E-state index in [1.54, 1.807) is 6.20 Å². The lowest BCUT2D eigenvalue weighted by atomic mass is 10.1. The van der Waals surface area contributed by atoms with Gasteiger partial charge in [-0.25, -0.2) is 4.98 Å². The number of nitrogens with zero attached hydrogens (tertiary/aromatic N) is 3. The van der Waals surface area contributed by atoms with Gasteiger partial charge in [0.05, 0.1) is 0 Å². The predicted octanol–water partition coefficient (Wildman–Crippen LogP) is 2.73. The maximum atomic E-state index is 8.71. The highest BCUT2D eigenvalue weighted by Crippen LogP contribution is 2.05. The van der Waals surface area contributed by atoms with E-state index in [2.05, 4.69) is 18.0 Å². The standard InChI is InChI=1S/C11H17N3/c1-2-3-4-5-6-8-14-9-7-13-11(14)10-12/h7,9H,2-6,8H2,1H3. The maximum absolute atomic E-state index is 8.71. The minimum absolute atomic E-state index is 0.528. The van der Waals surface area contributed by atoms with Gasteiger partial charge in [-0.05, 0) is 6.42 Å². The molecule has 0 spiro atoms. The molecule has 0 radical (unpaired) electrons. The van der Waals surface area contributed by atoms with Gasteiger partial charge in [0, 0.05) is 18.9 Å². The zero-order chi connectivity index (χ0) is 10.2. The third-order valence-corrected chi connectivity index (χ3v) is 2.32. The van der Waals surface area contributed by atoms with Crippen molar-refractivity contribution < 1.29 is 0 Å². The van der Waals surface area contributed by atoms with Crippen molar-refractivity contribution in [2.24, 2.45) is 0 Å². The second kappa shape index (κ2) is 6.20. The Balaban J connectivity index is 2.22. The number of nitriles is 1. The fourth-order valence-electron chi connectivity index (χ4n) is 1.49. The van der Waals surface area contributed by atoms with Gasteiger partial charge in [-0.2, -0.15) is 5.26 Å². The van der Waals surface area contributed by atoms with Crippen LogP contribution in [0.1, 0.15) is 44.9 Å². The van der Waals surface area contributed by atoms with Gasteiger partial charge in [0.1, 0.15) is 6.07 Å². The van der Waals surface area contributed by atoms with E-state index in [-0.39, 0.29) is 0 Å². The van der Waals surface area contributed by atoms with Crippen LogP contribution in [-0.2, 0) is 6.54 Å². The van der Waals surface area contributed by atoms with Crippen molar-refractivity contribution in [3.05, 3.63) is 18.2 Å². The molecule has 0 atom stereocenters. The summed E-state index contributed by atoms with van der Waals surface area (Å²) < 4.78 is 1.92. The zero-order valence-corrected chi connectivity index (χ0v) is 8.74. The smallest absolute Gasteiger partial charge is 0.212 e. The molecular formula is C11H17N3. The average Bonchev–Trinajstić information content (AvgIpc) is 2.65. The molecule has 14 heavy (non-hydrogen) atoms. The number of aromatic nitrogens is 2. The third-order valence-electron chi connectivity index (χ3n) is 2.32. The monoisotopic (exact) mass is 191 g/mol. The molecule has 0 amide bonds. The Bertz CT molecular complexity index is 296. The molecule has 0 bridgehead atoms. The van der Waals surface area contributed by atoms with Crippen LogP contribution in [0.15, 0.2) is 12.4 Å². The van der Waals surface area contributed by atoms with Crippen LogP contribution in [0.25, 0.3) is 0 Å². The summed E-state index contributed by atoms with van der Waals surface area (Å²) >= 11 is 0. The first-order chi connectivity index (χ1) is 6.88. The van der Waals surface area contributed by atoms with Crippen LogP contribution >= 0.6 is 0 Å². The van der Waals surface area contributed by atoms with Crippen LogP contribution in [0.5, 0.6) is 0 Å². The van der Waals surface area contributed by atoms with Crippen molar-refractivity contribution in [2.75, 3.05) is 0 Å². The quantitative estimate of drug-likeness (QED) is 0.649. The van der Waals surface area contributed by atoms with E-state index < -0.39 is 0 Å². The SMILES string of the molecule is CCCCCCCn1ccnc1C#N. The minimum Gasteiger partial charge on any atom is -0.323 e. The van der Waals surface area contributed by atoms with Gasteiger partial charge < -0.3 is 4.57 Å². The van der Waals surface area contributed by atoms with Gasteiger partial charge in [0.2, 0.25) is 5.82 Å². The summed E-state index contributed by atoms with van der Waals surface area (Å²) in [6.07, 6.45) is 9.83. The highest BCUT2D eigenvalue weighted by atomic mass is 15.1. The number of hydrogen-bond donors (Lipinski definition) is 0. The molecule has 3 nitrogen and oxygen atoms in total. The first-order valence-corrected chi connectivity index (χ1v) is 5.29. The molecule has 0 aromatic carbocycles. The predicted molar refractivity (Wildman–Crippen MR) is 55.7 cm³/mol. The summed E-state index contributed by atoms with van der Waals surface area (Å²) in [6.45, 7) is 3.14. The average molecular weight is 191 g/mol. The number of hydrogen-bond acceptors (Lipinski definition) is 2. The van der Waals surface area contributed by atoms with Crippen LogP contribution < -0.4 is 0 Å². The molecule has 0 saturated heterocycles. The molecule has 1 aromatic rings. The Hall–Kier alpha value is -1.30. The van der Waals surface area contributed by atoms with Crippen LogP contribution in [-0.4, -0.2) is 9.55 Å². The molecule has 1 heterocycles. The van der Waals surface area contributed by atoms with E-state index in [1.807, 2.05) is 10.8 Å². The molecule has 0 aliphatic heterocycles. The van der Waals surface area contributed by atoms with Crippen molar-refractivity contribution in [1.29, 1.82) is 5.26 Å². The lowest BCUT2D eigenvalue weighted by Crippen LogP contribution is -1.99. The molecule has 0 saturated carbocycles. The highest BCUT2D eigenvalue weighted by Gasteiger charge is 1.99. The summed E-state index contributed by atoms with van der Waals surface area (Å²) in [5.74, 6) is 0.528. The summed E-state index contributed by atoms with van der Waals surface area (Å²) in [7, 11) is 0. The number of unbranched alkanes of at least 4 members (excludes halogenated alkanes) is 4.